The number of nitrogens with zero attached hydrogens (tertiary/aromatic N) is 7. The molecule has 1 aromatic carbocycles. The zero-order valence-corrected chi connectivity index (χ0v) is 66.4. The summed E-state index contributed by atoms with van der Waals surface area (Å²) in [4.78, 5) is 107. The second-order valence-electron chi connectivity index (χ2n) is 25.4. The maximum atomic E-state index is 12.0. The van der Waals surface area contributed by atoms with Crippen molar-refractivity contribution in [3.8, 4) is 67.5 Å². The van der Waals surface area contributed by atoms with Gasteiger partial charge in [-0.15, -0.1) is 38.0 Å². The zero-order chi connectivity index (χ0) is 88.5. The van der Waals surface area contributed by atoms with E-state index in [4.69, 9.17) is 132 Å². The van der Waals surface area contributed by atoms with E-state index in [-0.39, 0.29) is 105 Å². The molecule has 121 heavy (non-hydrogen) atoms. The third-order valence-corrected chi connectivity index (χ3v) is 17.2. The predicted molar refractivity (Wildman–Crippen MR) is 418 cm³/mol. The third kappa shape index (κ3) is 29.3. The number of nitrogen functional groups attached to an aromatic ring is 2. The van der Waals surface area contributed by atoms with Crippen LogP contribution in [0.5, 0.6) is 5.75 Å². The van der Waals surface area contributed by atoms with Crippen LogP contribution in [0.1, 0.15) is 38.1 Å². The molecule has 0 amide bonds. The Hall–Kier alpha value is -10.7. The Kier molecular flexibility index (Phi) is 42.9. The van der Waals surface area contributed by atoms with Crippen molar-refractivity contribution in [2.45, 2.75) is 130 Å². The molecule has 0 saturated carbocycles. The van der Waals surface area contributed by atoms with Gasteiger partial charge >= 0.3 is 28.4 Å². The second-order valence-corrected chi connectivity index (χ2v) is 25.4. The maximum Gasteiger partial charge on any atom is 0.351 e. The number of aromatic nitrogens is 10. The number of aromatic amines is 3. The molecule has 11 rings (SSSR count). The monoisotopic (exact) mass is 1710 g/mol. The van der Waals surface area contributed by atoms with Gasteiger partial charge in [0.15, 0.2) is 37.9 Å². The van der Waals surface area contributed by atoms with E-state index < -0.39 is 168 Å². The van der Waals surface area contributed by atoms with Crippen LogP contribution in [0, 0.1) is 61.7 Å². The van der Waals surface area contributed by atoms with Crippen LogP contribution < -0.4 is 61.3 Å². The van der Waals surface area contributed by atoms with Crippen LogP contribution in [-0.2, 0) is 90.0 Å². The first-order chi connectivity index (χ1) is 58.3. The fraction of sp³-hybridized carbons (Fsp3) is 0.526. The number of ether oxygens (including phenoxy) is 20. The van der Waals surface area contributed by atoms with Crippen molar-refractivity contribution < 1.29 is 120 Å². The maximum absolute atomic E-state index is 12.0. The van der Waals surface area contributed by atoms with Crippen molar-refractivity contribution in [3.63, 3.8) is 0 Å². The highest BCUT2D eigenvalue weighted by molar-refractivity contribution is 5.25. The van der Waals surface area contributed by atoms with E-state index in [9.17, 15) is 63.9 Å². The van der Waals surface area contributed by atoms with Gasteiger partial charge in [-0.05, 0) is 31.2 Å². The molecular weight excluding hydrogens is 1610 g/mol. The third-order valence-electron chi connectivity index (χ3n) is 17.2. The number of para-hydroxylation sites is 1. The van der Waals surface area contributed by atoms with Crippen molar-refractivity contribution >= 4 is 11.6 Å². The Morgan fingerprint density at radius 2 is 0.653 bits per heavy atom. The summed E-state index contributed by atoms with van der Waals surface area (Å²) in [7, 11) is 7.40. The molecule has 10 heterocycles. The number of methoxy groups -OCH3 is 5. The van der Waals surface area contributed by atoms with Crippen LogP contribution >= 0.6 is 0 Å². The number of terminal acetylenes is 5. The van der Waals surface area contributed by atoms with Crippen LogP contribution in [0.15, 0.2) is 130 Å². The summed E-state index contributed by atoms with van der Waals surface area (Å²) < 4.78 is 112. The molecule has 5 saturated heterocycles. The van der Waals surface area contributed by atoms with Gasteiger partial charge in [0, 0.05) is 84.7 Å². The molecule has 0 spiro atoms. The SMILES string of the molecule is C#CC.C#CCOCOC1C(COC)OC(n2ccc(=O)[nH]c2=O)C1O.C#CCOCOC1C(COC)OC(n2ccc(N)nc2=O)C1O.C#CCOCOC1C(O)C(COC)OC1n1ccc(=O)[nH]c1=O.C#CCOCOC1C(O)C(COC)OC1n1ccc(N)nc1=O.COCC1OC(n2ccc(=O)[nH]c2=O)C(O)C1OCOc1ccccc1. The lowest BCUT2D eigenvalue weighted by Crippen LogP contribution is -2.39. The number of hydrogen-bond acceptors (Lipinski definition) is 37. The average Bonchev–Trinajstić information content (AvgIpc) is 1.68. The number of benzene rings is 1. The van der Waals surface area contributed by atoms with E-state index in [1.54, 1.807) is 19.1 Å². The zero-order valence-electron chi connectivity index (χ0n) is 66.4. The van der Waals surface area contributed by atoms with E-state index in [0.29, 0.717) is 5.75 Å². The molecule has 20 atom stereocenters. The summed E-state index contributed by atoms with van der Waals surface area (Å²) in [5.41, 5.74) is 6.03. The molecular formula is C76H98N12O33. The van der Waals surface area contributed by atoms with Gasteiger partial charge in [0.25, 0.3) is 16.7 Å². The number of anilines is 2. The first-order valence-corrected chi connectivity index (χ1v) is 36.3. The molecule has 0 radical (unpaired) electrons. The van der Waals surface area contributed by atoms with Crippen molar-refractivity contribution in [3.05, 3.63) is 175 Å². The Morgan fingerprint density at radius 1 is 0.380 bits per heavy atom. The Labute approximate surface area is 689 Å². The molecule has 20 unspecified atom stereocenters. The minimum absolute atomic E-state index is 0.0500. The van der Waals surface area contributed by atoms with Crippen molar-refractivity contribution in [2.24, 2.45) is 0 Å². The van der Waals surface area contributed by atoms with E-state index in [1.165, 1.54) is 95.4 Å². The topological polar surface area (TPSA) is 572 Å². The molecule has 12 N–H and O–H groups in total. The quantitative estimate of drug-likeness (QED) is 0.0101. The summed E-state index contributed by atoms with van der Waals surface area (Å²) in [5, 5.41) is 52.0. The molecule has 0 bridgehead atoms. The second kappa shape index (κ2) is 52.4. The smallest absolute Gasteiger partial charge is 0.351 e. The number of rotatable bonds is 35. The first kappa shape index (κ1) is 99.1. The number of aliphatic hydroxyl groups excluding tert-OH is 5. The summed E-state index contributed by atoms with van der Waals surface area (Å²) in [6.45, 7) is 1.96. The molecule has 0 aliphatic carbocycles. The average molecular weight is 1710 g/mol. The van der Waals surface area contributed by atoms with Crippen molar-refractivity contribution in [1.82, 2.24) is 47.8 Å². The molecule has 45 heteroatoms. The number of H-pyrrole nitrogens is 3. The molecule has 45 nitrogen and oxygen atoms in total. The molecule has 5 fully saturated rings. The van der Waals surface area contributed by atoms with Crippen LogP contribution in [-0.4, -0.2) is 294 Å². The Morgan fingerprint density at radius 3 is 0.967 bits per heavy atom. The molecule has 5 aromatic heterocycles. The van der Waals surface area contributed by atoms with Gasteiger partial charge in [-0.3, -0.25) is 52.2 Å². The highest BCUT2D eigenvalue weighted by Gasteiger charge is 2.51. The fourth-order valence-electron chi connectivity index (χ4n) is 11.9. The van der Waals surface area contributed by atoms with Crippen LogP contribution in [0.4, 0.5) is 11.6 Å². The standard InChI is InChI=1S/C17H20N2O7.2C14H19N3O6.2C14H18N2O7.C3H4/c1-23-9-12-15(25-10-24-11-5-3-2-4-6-11)14(21)16(26-12)19-8-7-13(20)18-17(19)22;1-3-6-21-8-22-12-9(7-20-2)23-13(11(12)18)17-5-4-10(15)16-14(17)19;1-3-6-21-8-22-12-11(18)9(7-20-2)23-13(12)17-5-4-10(15)16-14(17)19;1-3-6-21-8-22-12-9(7-20-2)23-13(11(12)18)16-5-4-10(17)15-14(16)19;1-3-6-21-8-22-12-11(18)9(7-20-2)23-13(12)16-5-4-10(17)15-14(16)19;1-3-2/h2-8,12,14-16,21H,9-10H2,1H3,(H,18,20,22);2*1,4-5,9,11-13,18H,6-8H2,2H3,(H2,15,16,19);2*1,4-5,9,11-13,18H,6-8H2,2H3,(H,15,17,19);1H,2H3. The van der Waals surface area contributed by atoms with Crippen LogP contribution in [0.2, 0.25) is 0 Å². The molecule has 5 aliphatic rings. The molecule has 660 valence electrons. The van der Waals surface area contributed by atoms with Gasteiger partial charge < -0.3 is 132 Å². The minimum Gasteiger partial charge on any atom is -0.468 e. The van der Waals surface area contributed by atoms with Crippen LogP contribution in [0.3, 0.4) is 0 Å². The lowest BCUT2D eigenvalue weighted by Gasteiger charge is -2.21. The summed E-state index contributed by atoms with van der Waals surface area (Å²) >= 11 is 0. The summed E-state index contributed by atoms with van der Waals surface area (Å²) in [5.74, 6) is 12.2. The van der Waals surface area contributed by atoms with Crippen molar-refractivity contribution in [2.75, 3.05) is 140 Å². The number of aliphatic hydroxyl groups is 5. The highest BCUT2D eigenvalue weighted by Crippen LogP contribution is 2.36. The lowest BCUT2D eigenvalue weighted by molar-refractivity contribution is -0.135. The minimum atomic E-state index is -1.16. The number of nitrogens with two attached hydrogens (primary N) is 2. The van der Waals surface area contributed by atoms with Gasteiger partial charge in [0.05, 0.1) is 33.0 Å². The van der Waals surface area contributed by atoms with Gasteiger partial charge in [-0.2, -0.15) is 9.97 Å². The lowest BCUT2D eigenvalue weighted by atomic mass is 10.1. The molecule has 5 aliphatic heterocycles. The van der Waals surface area contributed by atoms with Crippen LogP contribution in [0.25, 0.3) is 0 Å². The van der Waals surface area contributed by atoms with Gasteiger partial charge in [-0.1, -0.05) is 41.9 Å². The predicted octanol–water partition coefficient (Wildman–Crippen LogP) is -5.18. The highest BCUT2D eigenvalue weighted by atomic mass is 16.7. The largest absolute Gasteiger partial charge is 0.468 e. The number of hydrogen-bond donors (Lipinski definition) is 10. The Bertz CT molecular complexity index is 4830. The summed E-state index contributed by atoms with van der Waals surface area (Å²) in [6, 6.07) is 15.5. The van der Waals surface area contributed by atoms with Gasteiger partial charge in [0.1, 0.15) is 163 Å². The Balaban J connectivity index is 0.000000232. The number of nitrogens with one attached hydrogen (secondary N) is 3. The van der Waals surface area contributed by atoms with Crippen molar-refractivity contribution in [1.29, 1.82) is 0 Å². The van der Waals surface area contributed by atoms with E-state index in [2.05, 4.69) is 60.9 Å². The summed E-state index contributed by atoms with van der Waals surface area (Å²) in [6.07, 6.45) is 13.9. The van der Waals surface area contributed by atoms with Gasteiger partial charge in [-0.25, -0.2) is 24.0 Å². The normalized spacial score (nSPS) is 26.0. The first-order valence-electron chi connectivity index (χ1n) is 36.3. The van der Waals surface area contributed by atoms with E-state index in [0.717, 1.165) is 24.3 Å². The van der Waals surface area contributed by atoms with E-state index >= 15 is 0 Å². The molecule has 6 aromatic rings. The van der Waals surface area contributed by atoms with Gasteiger partial charge in [0.2, 0.25) is 0 Å². The van der Waals surface area contributed by atoms with E-state index in [1.807, 2.05) is 18.2 Å². The fourth-order valence-corrected chi connectivity index (χ4v) is 11.9.